The number of carboxylic acid groups (broad SMARTS) is 1. The summed E-state index contributed by atoms with van der Waals surface area (Å²) in [7, 11) is 0. The molecule has 2 heterocycles. The first-order valence-corrected chi connectivity index (χ1v) is 11.9. The lowest BCUT2D eigenvalue weighted by molar-refractivity contribution is -0.141. The number of nitrogens with zero attached hydrogens (tertiary/aromatic N) is 1. The van der Waals surface area contributed by atoms with Gasteiger partial charge >= 0.3 is 5.97 Å². The summed E-state index contributed by atoms with van der Waals surface area (Å²) in [5.74, 6) is -0.684. The van der Waals surface area contributed by atoms with Crippen molar-refractivity contribution in [3.8, 4) is 22.5 Å². The molecule has 2 atom stereocenters. The van der Waals surface area contributed by atoms with Gasteiger partial charge in [0.2, 0.25) is 0 Å². The third-order valence-corrected chi connectivity index (χ3v) is 7.61. The van der Waals surface area contributed by atoms with E-state index in [1.807, 2.05) is 36.4 Å². The molecule has 1 aliphatic heterocycles. The van der Waals surface area contributed by atoms with Crippen molar-refractivity contribution in [1.29, 1.82) is 0 Å². The van der Waals surface area contributed by atoms with Crippen LogP contribution in [0.5, 0.6) is 0 Å². The van der Waals surface area contributed by atoms with Crippen LogP contribution in [0.1, 0.15) is 35.6 Å². The topological polar surface area (TPSA) is 53.7 Å². The maximum absolute atomic E-state index is 15.6. The predicted molar refractivity (Wildman–Crippen MR) is 130 cm³/mol. The van der Waals surface area contributed by atoms with Crippen LogP contribution in [0, 0.1) is 18.7 Å². The van der Waals surface area contributed by atoms with Crippen molar-refractivity contribution < 1.29 is 18.7 Å². The molecule has 4 nitrogen and oxygen atoms in total. The number of hydrogen-bond acceptors (Lipinski definition) is 3. The van der Waals surface area contributed by atoms with Gasteiger partial charge in [0.15, 0.2) is 11.4 Å². The average molecular weight is 456 g/mol. The van der Waals surface area contributed by atoms with Crippen LogP contribution in [0.25, 0.3) is 33.4 Å². The zero-order valence-electron chi connectivity index (χ0n) is 19.1. The van der Waals surface area contributed by atoms with Gasteiger partial charge in [-0.2, -0.15) is 0 Å². The van der Waals surface area contributed by atoms with Gasteiger partial charge in [0.05, 0.1) is 5.92 Å². The molecule has 3 aromatic carbocycles. The van der Waals surface area contributed by atoms with Gasteiger partial charge in [-0.15, -0.1) is 0 Å². The van der Waals surface area contributed by atoms with E-state index in [1.54, 1.807) is 0 Å². The molecule has 1 aromatic heterocycles. The number of hydrogen-bond donors (Lipinski definition) is 1. The number of furan rings is 1. The largest absolute Gasteiger partial charge is 0.481 e. The summed E-state index contributed by atoms with van der Waals surface area (Å²) < 4.78 is 21.7. The number of rotatable bonds is 4. The van der Waals surface area contributed by atoms with E-state index in [0.29, 0.717) is 36.3 Å². The number of carbonyl (C=O) groups is 1. The highest BCUT2D eigenvalue weighted by atomic mass is 19.1. The molecule has 0 unspecified atom stereocenters. The smallest absolute Gasteiger partial charge is 0.307 e. The van der Waals surface area contributed by atoms with E-state index in [4.69, 9.17) is 4.42 Å². The van der Waals surface area contributed by atoms with Gasteiger partial charge < -0.3 is 9.52 Å². The van der Waals surface area contributed by atoms with Crippen molar-refractivity contribution in [3.05, 3.63) is 83.2 Å². The molecule has 6 rings (SSSR count). The molecule has 1 fully saturated rings. The molecule has 0 saturated carbocycles. The van der Waals surface area contributed by atoms with E-state index in [0.717, 1.165) is 46.2 Å². The first-order valence-electron chi connectivity index (χ1n) is 11.9. The van der Waals surface area contributed by atoms with E-state index in [2.05, 4.69) is 36.1 Å². The highest BCUT2D eigenvalue weighted by molar-refractivity contribution is 5.87. The van der Waals surface area contributed by atoms with Crippen LogP contribution >= 0.6 is 0 Å². The number of carboxylic acids is 1. The van der Waals surface area contributed by atoms with Crippen molar-refractivity contribution in [3.63, 3.8) is 0 Å². The van der Waals surface area contributed by atoms with Crippen LogP contribution in [0.3, 0.4) is 0 Å². The molecule has 1 aliphatic carbocycles. The van der Waals surface area contributed by atoms with Crippen LogP contribution in [0.15, 0.2) is 65.1 Å². The Morgan fingerprint density at radius 2 is 1.85 bits per heavy atom. The maximum atomic E-state index is 15.6. The van der Waals surface area contributed by atoms with E-state index in [-0.39, 0.29) is 17.8 Å². The molecule has 4 aromatic rings. The van der Waals surface area contributed by atoms with E-state index < -0.39 is 5.97 Å². The second-order valence-electron chi connectivity index (χ2n) is 9.50. The standard InChI is InChI=1S/C29H26FNO3/c1-17-21(18-6-3-2-4-7-18)8-5-9-22(17)26-15-20-14-24-23(27(30)28(20)34-26)10-11-25(24)31-13-12-19(16-31)29(32)33/h2-9,14-15,19,25H,10-13,16H2,1H3,(H,32,33)/t19-,25-/m1/s1. The Hall–Kier alpha value is -3.44. The van der Waals surface area contributed by atoms with Gasteiger partial charge in [-0.05, 0) is 72.7 Å². The SMILES string of the molecule is Cc1c(-c2ccccc2)cccc1-c1cc2cc3c(c(F)c2o1)CC[C@H]3N1CC[C@@H](C(=O)O)C1. The van der Waals surface area contributed by atoms with Crippen LogP contribution in [0.4, 0.5) is 4.39 Å². The zero-order chi connectivity index (χ0) is 23.4. The number of aliphatic carboxylic acids is 1. The van der Waals surface area contributed by atoms with E-state index in [9.17, 15) is 9.90 Å². The second kappa shape index (κ2) is 8.10. The number of halogens is 1. The first kappa shape index (κ1) is 21.1. The normalized spacial score (nSPS) is 20.2. The van der Waals surface area contributed by atoms with Crippen LogP contribution in [0.2, 0.25) is 0 Å². The molecular weight excluding hydrogens is 429 g/mol. The molecule has 0 radical (unpaired) electrons. The molecule has 34 heavy (non-hydrogen) atoms. The van der Waals surface area contributed by atoms with Gasteiger partial charge in [-0.1, -0.05) is 48.5 Å². The average Bonchev–Trinajstić information content (AvgIpc) is 3.58. The van der Waals surface area contributed by atoms with Crippen molar-refractivity contribution in [2.45, 2.75) is 32.2 Å². The molecule has 5 heteroatoms. The van der Waals surface area contributed by atoms with Gasteiger partial charge in [0.1, 0.15) is 5.76 Å². The monoisotopic (exact) mass is 455 g/mol. The lowest BCUT2D eigenvalue weighted by Gasteiger charge is -2.24. The number of fused-ring (bicyclic) bond motifs is 2. The minimum absolute atomic E-state index is 0.0692. The minimum Gasteiger partial charge on any atom is -0.481 e. The van der Waals surface area contributed by atoms with Gasteiger partial charge in [-0.25, -0.2) is 4.39 Å². The van der Waals surface area contributed by atoms with Crippen molar-refractivity contribution in [2.24, 2.45) is 5.92 Å². The van der Waals surface area contributed by atoms with Gasteiger partial charge in [0.25, 0.3) is 0 Å². The molecular formula is C29H26FNO3. The Bertz CT molecular complexity index is 1410. The number of likely N-dealkylation sites (tertiary alicyclic amines) is 1. The summed E-state index contributed by atoms with van der Waals surface area (Å²) in [6.07, 6.45) is 2.11. The lowest BCUT2D eigenvalue weighted by atomic mass is 9.95. The quantitative estimate of drug-likeness (QED) is 0.376. The Kier molecular flexibility index (Phi) is 5.03. The van der Waals surface area contributed by atoms with Crippen LogP contribution < -0.4 is 0 Å². The fourth-order valence-corrected chi connectivity index (χ4v) is 5.81. The highest BCUT2D eigenvalue weighted by Crippen LogP contribution is 2.44. The summed E-state index contributed by atoms with van der Waals surface area (Å²) >= 11 is 0. The van der Waals surface area contributed by atoms with Crippen molar-refractivity contribution >= 4 is 16.9 Å². The third kappa shape index (κ3) is 3.34. The maximum Gasteiger partial charge on any atom is 0.307 e. The van der Waals surface area contributed by atoms with E-state index in [1.165, 1.54) is 0 Å². The van der Waals surface area contributed by atoms with Crippen molar-refractivity contribution in [1.82, 2.24) is 4.90 Å². The molecule has 1 saturated heterocycles. The zero-order valence-corrected chi connectivity index (χ0v) is 19.1. The molecule has 172 valence electrons. The molecule has 0 bridgehead atoms. The predicted octanol–water partition coefficient (Wildman–Crippen LogP) is 6.61. The first-order chi connectivity index (χ1) is 16.5. The van der Waals surface area contributed by atoms with Crippen molar-refractivity contribution in [2.75, 3.05) is 13.1 Å². The Balaban J connectivity index is 1.39. The highest BCUT2D eigenvalue weighted by Gasteiger charge is 2.37. The molecule has 0 amide bonds. The second-order valence-corrected chi connectivity index (χ2v) is 9.50. The lowest BCUT2D eigenvalue weighted by Crippen LogP contribution is -2.26. The van der Waals surface area contributed by atoms with Gasteiger partial charge in [-0.3, -0.25) is 9.69 Å². The summed E-state index contributed by atoms with van der Waals surface area (Å²) in [5, 5.41) is 10.1. The van der Waals surface area contributed by atoms with Crippen LogP contribution in [-0.2, 0) is 11.2 Å². The Morgan fingerprint density at radius 1 is 1.06 bits per heavy atom. The minimum atomic E-state index is -0.741. The van der Waals surface area contributed by atoms with Crippen LogP contribution in [-0.4, -0.2) is 29.1 Å². The summed E-state index contributed by atoms with van der Waals surface area (Å²) in [4.78, 5) is 13.6. The summed E-state index contributed by atoms with van der Waals surface area (Å²) in [6, 6.07) is 20.4. The summed E-state index contributed by atoms with van der Waals surface area (Å²) in [5.41, 5.74) is 6.32. The Labute approximate surface area is 197 Å². The molecule has 2 aliphatic rings. The fraction of sp³-hybridized carbons (Fsp3) is 0.276. The summed E-state index contributed by atoms with van der Waals surface area (Å²) in [6.45, 7) is 3.34. The van der Waals surface area contributed by atoms with Gasteiger partial charge in [0, 0.05) is 23.5 Å². The third-order valence-electron chi connectivity index (χ3n) is 7.61. The molecule has 1 N–H and O–H groups in total. The fourth-order valence-electron chi connectivity index (χ4n) is 5.81. The molecule has 0 spiro atoms. The Morgan fingerprint density at radius 3 is 2.62 bits per heavy atom. The number of benzene rings is 3. The van der Waals surface area contributed by atoms with E-state index >= 15 is 4.39 Å².